The van der Waals surface area contributed by atoms with Crippen LogP contribution in [0.4, 0.5) is 0 Å². The van der Waals surface area contributed by atoms with Gasteiger partial charge in [0.1, 0.15) is 0 Å². The molecule has 0 fully saturated rings. The van der Waals surface area contributed by atoms with E-state index in [0.717, 1.165) is 18.9 Å². The molecule has 11 heavy (non-hydrogen) atoms. The van der Waals surface area contributed by atoms with Crippen LogP contribution in [0, 0.1) is 11.3 Å². The minimum absolute atomic E-state index is 0.436. The van der Waals surface area contributed by atoms with Gasteiger partial charge in [-0.25, -0.2) is 0 Å². The summed E-state index contributed by atoms with van der Waals surface area (Å²) >= 11 is 0. The number of allylic oxidation sites excluding steroid dienone is 2. The van der Waals surface area contributed by atoms with Crippen molar-refractivity contribution in [3.05, 3.63) is 12.2 Å². The van der Waals surface area contributed by atoms with Crippen LogP contribution < -0.4 is 5.73 Å². The van der Waals surface area contributed by atoms with E-state index in [9.17, 15) is 0 Å². The number of rotatable bonds is 2. The van der Waals surface area contributed by atoms with E-state index < -0.39 is 0 Å². The third kappa shape index (κ3) is 2.66. The van der Waals surface area contributed by atoms with Crippen molar-refractivity contribution < 1.29 is 0 Å². The van der Waals surface area contributed by atoms with Gasteiger partial charge in [0.25, 0.3) is 0 Å². The Bertz CT molecular complexity index is 147. The first kappa shape index (κ1) is 8.79. The summed E-state index contributed by atoms with van der Waals surface area (Å²) in [6.07, 6.45) is 8.48. The summed E-state index contributed by atoms with van der Waals surface area (Å²) in [5.41, 5.74) is 5.93. The molecule has 0 spiro atoms. The summed E-state index contributed by atoms with van der Waals surface area (Å²) < 4.78 is 0. The molecule has 0 aromatic heterocycles. The molecule has 1 rings (SSSR count). The molecule has 0 aromatic rings. The summed E-state index contributed by atoms with van der Waals surface area (Å²) in [6, 6.07) is 0. The minimum atomic E-state index is 0.436. The maximum absolute atomic E-state index is 5.49. The molecule has 1 atom stereocenters. The summed E-state index contributed by atoms with van der Waals surface area (Å²) in [6.45, 7) is 5.42. The molecule has 1 aliphatic carbocycles. The van der Waals surface area contributed by atoms with Crippen molar-refractivity contribution in [3.63, 3.8) is 0 Å². The van der Waals surface area contributed by atoms with E-state index in [1.54, 1.807) is 0 Å². The fourth-order valence-corrected chi connectivity index (χ4v) is 1.59. The molecular weight excluding hydrogens is 134 g/mol. The molecule has 1 nitrogen and oxygen atoms in total. The van der Waals surface area contributed by atoms with Crippen LogP contribution in [0.15, 0.2) is 12.2 Å². The number of hydrogen-bond acceptors (Lipinski definition) is 1. The van der Waals surface area contributed by atoms with Gasteiger partial charge >= 0.3 is 0 Å². The highest BCUT2D eigenvalue weighted by Gasteiger charge is 2.20. The fraction of sp³-hybridized carbons (Fsp3) is 0.800. The second-order valence-electron chi connectivity index (χ2n) is 4.22. The molecule has 64 valence electrons. The van der Waals surface area contributed by atoms with E-state index in [-0.39, 0.29) is 0 Å². The van der Waals surface area contributed by atoms with Gasteiger partial charge in [0.05, 0.1) is 0 Å². The molecular formula is C10H19N. The van der Waals surface area contributed by atoms with Gasteiger partial charge in [-0.3, -0.25) is 0 Å². The predicted octanol–water partition coefficient (Wildman–Crippen LogP) is 2.33. The molecule has 0 heterocycles. The highest BCUT2D eigenvalue weighted by atomic mass is 14.5. The Kier molecular flexibility index (Phi) is 2.72. The lowest BCUT2D eigenvalue weighted by Crippen LogP contribution is -2.17. The smallest absolute Gasteiger partial charge is 0.00717 e. The van der Waals surface area contributed by atoms with Crippen molar-refractivity contribution in [2.45, 2.75) is 33.1 Å². The first-order valence-electron chi connectivity index (χ1n) is 4.53. The van der Waals surface area contributed by atoms with Crippen molar-refractivity contribution >= 4 is 0 Å². The Hall–Kier alpha value is -0.300. The molecule has 1 aliphatic rings. The molecule has 0 aromatic carbocycles. The van der Waals surface area contributed by atoms with E-state index in [0.29, 0.717) is 5.41 Å². The maximum atomic E-state index is 5.49. The molecule has 0 aliphatic heterocycles. The zero-order valence-electron chi connectivity index (χ0n) is 7.64. The lowest BCUT2D eigenvalue weighted by Gasteiger charge is -2.28. The van der Waals surface area contributed by atoms with Crippen LogP contribution in [-0.2, 0) is 0 Å². The van der Waals surface area contributed by atoms with E-state index in [1.807, 2.05) is 0 Å². The summed E-state index contributed by atoms with van der Waals surface area (Å²) in [7, 11) is 0. The normalized spacial score (nSPS) is 28.8. The van der Waals surface area contributed by atoms with Gasteiger partial charge in [0, 0.05) is 0 Å². The summed E-state index contributed by atoms with van der Waals surface area (Å²) in [4.78, 5) is 0. The fourth-order valence-electron chi connectivity index (χ4n) is 1.59. The Morgan fingerprint density at radius 2 is 2.27 bits per heavy atom. The lowest BCUT2D eigenvalue weighted by atomic mass is 9.78. The van der Waals surface area contributed by atoms with Gasteiger partial charge in [-0.1, -0.05) is 26.0 Å². The van der Waals surface area contributed by atoms with E-state index >= 15 is 0 Å². The van der Waals surface area contributed by atoms with Crippen molar-refractivity contribution in [2.75, 3.05) is 6.54 Å². The molecule has 0 saturated carbocycles. The molecule has 0 radical (unpaired) electrons. The van der Waals surface area contributed by atoms with Crippen LogP contribution in [0.1, 0.15) is 33.1 Å². The van der Waals surface area contributed by atoms with Crippen LogP contribution in [0.2, 0.25) is 0 Å². The van der Waals surface area contributed by atoms with Crippen molar-refractivity contribution in [2.24, 2.45) is 17.1 Å². The molecule has 0 bridgehead atoms. The predicted molar refractivity (Wildman–Crippen MR) is 49.3 cm³/mol. The first-order chi connectivity index (χ1) is 5.14. The quantitative estimate of drug-likeness (QED) is 0.605. The zero-order chi connectivity index (χ0) is 8.32. The van der Waals surface area contributed by atoms with Gasteiger partial charge in [-0.2, -0.15) is 0 Å². The second kappa shape index (κ2) is 3.40. The highest BCUT2D eigenvalue weighted by molar-refractivity contribution is 5.02. The summed E-state index contributed by atoms with van der Waals surface area (Å²) in [5.74, 6) is 0.757. The molecule has 0 amide bonds. The van der Waals surface area contributed by atoms with Crippen molar-refractivity contribution in [3.8, 4) is 0 Å². The average Bonchev–Trinajstić information content (AvgIpc) is 1.94. The minimum Gasteiger partial charge on any atom is -0.330 e. The van der Waals surface area contributed by atoms with Gasteiger partial charge in [0.2, 0.25) is 0 Å². The third-order valence-corrected chi connectivity index (χ3v) is 2.52. The van der Waals surface area contributed by atoms with E-state index in [1.165, 1.54) is 12.8 Å². The van der Waals surface area contributed by atoms with Crippen LogP contribution >= 0.6 is 0 Å². The molecule has 1 unspecified atom stereocenters. The van der Waals surface area contributed by atoms with Crippen LogP contribution in [0.5, 0.6) is 0 Å². The van der Waals surface area contributed by atoms with Crippen LogP contribution in [-0.4, -0.2) is 6.54 Å². The zero-order valence-corrected chi connectivity index (χ0v) is 7.64. The Morgan fingerprint density at radius 3 is 2.73 bits per heavy atom. The SMILES string of the molecule is CC1(C)C=CC(CCN)CC1. The third-order valence-electron chi connectivity index (χ3n) is 2.52. The Balaban J connectivity index is 2.43. The summed E-state index contributed by atoms with van der Waals surface area (Å²) in [5, 5.41) is 0. The molecule has 1 heteroatoms. The lowest BCUT2D eigenvalue weighted by molar-refractivity contribution is 0.352. The maximum Gasteiger partial charge on any atom is -0.00717 e. The number of hydrogen-bond donors (Lipinski definition) is 1. The topological polar surface area (TPSA) is 26.0 Å². The van der Waals surface area contributed by atoms with Crippen molar-refractivity contribution in [1.82, 2.24) is 0 Å². The van der Waals surface area contributed by atoms with Crippen molar-refractivity contribution in [1.29, 1.82) is 0 Å². The number of nitrogens with two attached hydrogens (primary N) is 1. The second-order valence-corrected chi connectivity index (χ2v) is 4.22. The molecule has 2 N–H and O–H groups in total. The largest absolute Gasteiger partial charge is 0.330 e. The molecule has 0 saturated heterocycles. The van der Waals surface area contributed by atoms with Crippen LogP contribution in [0.3, 0.4) is 0 Å². The van der Waals surface area contributed by atoms with Gasteiger partial charge < -0.3 is 5.73 Å². The van der Waals surface area contributed by atoms with Crippen LogP contribution in [0.25, 0.3) is 0 Å². The monoisotopic (exact) mass is 153 g/mol. The first-order valence-corrected chi connectivity index (χ1v) is 4.53. The Morgan fingerprint density at radius 1 is 1.55 bits per heavy atom. The van der Waals surface area contributed by atoms with Gasteiger partial charge in [-0.05, 0) is 37.1 Å². The highest BCUT2D eigenvalue weighted by Crippen LogP contribution is 2.32. The van der Waals surface area contributed by atoms with E-state index in [2.05, 4.69) is 26.0 Å². The van der Waals surface area contributed by atoms with Gasteiger partial charge in [0.15, 0.2) is 0 Å². The standard InChI is InChI=1S/C10H19N/c1-10(2)6-3-9(4-7-10)5-8-11/h3,6,9H,4-5,7-8,11H2,1-2H3. The van der Waals surface area contributed by atoms with Gasteiger partial charge in [-0.15, -0.1) is 0 Å². The van der Waals surface area contributed by atoms with E-state index in [4.69, 9.17) is 5.73 Å². The Labute approximate surface area is 69.7 Å². The average molecular weight is 153 g/mol.